The Kier molecular flexibility index (Phi) is 4.40. The molecule has 1 fully saturated rings. The molecule has 0 spiro atoms. The molecule has 0 aliphatic carbocycles. The van der Waals surface area contributed by atoms with Gasteiger partial charge in [0.25, 0.3) is 15.0 Å². The fourth-order valence-electron chi connectivity index (χ4n) is 2.53. The van der Waals surface area contributed by atoms with E-state index in [4.69, 9.17) is 10.7 Å². The average Bonchev–Trinajstić information content (AvgIpc) is 2.81. The van der Waals surface area contributed by atoms with E-state index in [0.717, 1.165) is 12.8 Å². The summed E-state index contributed by atoms with van der Waals surface area (Å²) in [5, 5.41) is 0. The van der Waals surface area contributed by atoms with Gasteiger partial charge in [0.05, 0.1) is 0 Å². The number of carbonyl (C=O) groups excluding carboxylic acids is 1. The number of hydrogen-bond acceptors (Lipinski definition) is 3. The summed E-state index contributed by atoms with van der Waals surface area (Å²) in [5.74, 6) is -0.126. The minimum atomic E-state index is -3.82. The van der Waals surface area contributed by atoms with Crippen LogP contribution in [0.1, 0.15) is 44.1 Å². The van der Waals surface area contributed by atoms with E-state index >= 15 is 0 Å². The predicted octanol–water partition coefficient (Wildman–Crippen LogP) is 2.70. The van der Waals surface area contributed by atoms with Gasteiger partial charge in [-0.3, -0.25) is 4.79 Å². The van der Waals surface area contributed by atoms with Crippen molar-refractivity contribution in [1.29, 1.82) is 0 Å². The van der Waals surface area contributed by atoms with Crippen LogP contribution < -0.4 is 0 Å². The fraction of sp³-hybridized carbons (Fsp3) is 0.643. The van der Waals surface area contributed by atoms with Crippen molar-refractivity contribution in [1.82, 2.24) is 9.47 Å². The smallest absolute Gasteiger partial charge is 0.270 e. The van der Waals surface area contributed by atoms with Crippen molar-refractivity contribution >= 4 is 25.6 Å². The monoisotopic (exact) mass is 332 g/mol. The van der Waals surface area contributed by atoms with E-state index in [2.05, 4.69) is 13.8 Å². The SMILES string of the molecule is CCn1cc(S(=O)(=O)Cl)cc1C(=O)N1CCC(C)(C)CC1. The van der Waals surface area contributed by atoms with Crippen LogP contribution in [0.4, 0.5) is 0 Å². The molecule has 2 rings (SSSR count). The molecule has 0 radical (unpaired) electrons. The Morgan fingerprint density at radius 2 is 1.90 bits per heavy atom. The van der Waals surface area contributed by atoms with Crippen LogP contribution in [0.25, 0.3) is 0 Å². The van der Waals surface area contributed by atoms with Gasteiger partial charge < -0.3 is 9.47 Å². The van der Waals surface area contributed by atoms with E-state index in [1.165, 1.54) is 12.3 Å². The maximum Gasteiger partial charge on any atom is 0.270 e. The Morgan fingerprint density at radius 1 is 1.33 bits per heavy atom. The van der Waals surface area contributed by atoms with Crippen molar-refractivity contribution in [2.75, 3.05) is 13.1 Å². The lowest BCUT2D eigenvalue weighted by Crippen LogP contribution is -2.41. The van der Waals surface area contributed by atoms with Gasteiger partial charge in [-0.15, -0.1) is 0 Å². The van der Waals surface area contributed by atoms with Crippen molar-refractivity contribution in [3.05, 3.63) is 18.0 Å². The molecule has 0 unspecified atom stereocenters. The first-order valence-electron chi connectivity index (χ1n) is 7.08. The minimum absolute atomic E-state index is 0.0216. The third-order valence-corrected chi connectivity index (χ3v) is 5.44. The molecule has 0 bridgehead atoms. The first-order chi connectivity index (χ1) is 9.64. The zero-order valence-corrected chi connectivity index (χ0v) is 14.2. The van der Waals surface area contributed by atoms with Crippen LogP contribution in [0.15, 0.2) is 17.2 Å². The van der Waals surface area contributed by atoms with Crippen LogP contribution in [0.2, 0.25) is 0 Å². The second kappa shape index (κ2) is 5.65. The summed E-state index contributed by atoms with van der Waals surface area (Å²) in [6.07, 6.45) is 3.32. The average molecular weight is 333 g/mol. The highest BCUT2D eigenvalue weighted by molar-refractivity contribution is 8.13. The maximum absolute atomic E-state index is 12.6. The third kappa shape index (κ3) is 3.61. The lowest BCUT2D eigenvalue weighted by Gasteiger charge is -2.37. The van der Waals surface area contributed by atoms with Gasteiger partial charge in [0.2, 0.25) is 0 Å². The molecule has 1 aliphatic heterocycles. The largest absolute Gasteiger partial charge is 0.342 e. The highest BCUT2D eigenvalue weighted by atomic mass is 35.7. The topological polar surface area (TPSA) is 59.4 Å². The standard InChI is InChI=1S/C14H21ClN2O3S/c1-4-16-10-11(21(15,19)20)9-12(16)13(18)17-7-5-14(2,3)6-8-17/h9-10H,4-8H2,1-3H3. The number of nitrogens with zero attached hydrogens (tertiary/aromatic N) is 2. The molecule has 1 saturated heterocycles. The minimum Gasteiger partial charge on any atom is -0.342 e. The lowest BCUT2D eigenvalue weighted by molar-refractivity contribution is 0.0619. The Balaban J connectivity index is 2.25. The van der Waals surface area contributed by atoms with Gasteiger partial charge in [-0.2, -0.15) is 0 Å². The van der Waals surface area contributed by atoms with Crippen molar-refractivity contribution in [2.45, 2.75) is 45.1 Å². The van der Waals surface area contributed by atoms with E-state index in [9.17, 15) is 13.2 Å². The molecule has 0 atom stereocenters. The van der Waals surface area contributed by atoms with E-state index in [-0.39, 0.29) is 16.2 Å². The quantitative estimate of drug-likeness (QED) is 0.800. The van der Waals surface area contributed by atoms with Crippen molar-refractivity contribution in [3.63, 3.8) is 0 Å². The number of aromatic nitrogens is 1. The van der Waals surface area contributed by atoms with Gasteiger partial charge in [-0.1, -0.05) is 13.8 Å². The van der Waals surface area contributed by atoms with Crippen LogP contribution in [-0.2, 0) is 15.6 Å². The first-order valence-corrected chi connectivity index (χ1v) is 9.39. The molecule has 1 amide bonds. The van der Waals surface area contributed by atoms with Gasteiger partial charge in [-0.25, -0.2) is 8.42 Å². The third-order valence-electron chi connectivity index (χ3n) is 4.12. The van der Waals surface area contributed by atoms with Crippen LogP contribution in [0, 0.1) is 5.41 Å². The molecule has 0 aromatic carbocycles. The molecular weight excluding hydrogens is 312 g/mol. The Morgan fingerprint density at radius 3 is 2.38 bits per heavy atom. The maximum atomic E-state index is 12.6. The first kappa shape index (κ1) is 16.4. The van der Waals surface area contributed by atoms with Crippen molar-refractivity contribution in [2.24, 2.45) is 5.41 Å². The molecule has 0 N–H and O–H groups in total. The second-order valence-corrected chi connectivity index (χ2v) is 8.81. The van der Waals surface area contributed by atoms with Gasteiger partial charge >= 0.3 is 0 Å². The van der Waals surface area contributed by atoms with E-state index in [1.807, 2.05) is 6.92 Å². The molecule has 0 saturated carbocycles. The summed E-state index contributed by atoms with van der Waals surface area (Å²) in [5.41, 5.74) is 0.644. The van der Waals surface area contributed by atoms with Gasteiger partial charge in [0, 0.05) is 36.5 Å². The van der Waals surface area contributed by atoms with Gasteiger partial charge in [0.15, 0.2) is 0 Å². The van der Waals surface area contributed by atoms with Crippen molar-refractivity contribution in [3.8, 4) is 0 Å². The summed E-state index contributed by atoms with van der Waals surface area (Å²) in [6, 6.07) is 1.37. The van der Waals surface area contributed by atoms with Crippen LogP contribution in [-0.4, -0.2) is 36.9 Å². The fourth-order valence-corrected chi connectivity index (χ4v) is 3.29. The molecule has 21 heavy (non-hydrogen) atoms. The Labute approximate surface area is 130 Å². The summed E-state index contributed by atoms with van der Waals surface area (Å²) >= 11 is 0. The normalized spacial score (nSPS) is 18.8. The number of aryl methyl sites for hydroxylation is 1. The van der Waals surface area contributed by atoms with Crippen molar-refractivity contribution < 1.29 is 13.2 Å². The van der Waals surface area contributed by atoms with Crippen LogP contribution in [0.5, 0.6) is 0 Å². The molecule has 7 heteroatoms. The molecule has 1 aromatic rings. The summed E-state index contributed by atoms with van der Waals surface area (Å²) < 4.78 is 24.5. The van der Waals surface area contributed by atoms with E-state index in [0.29, 0.717) is 25.3 Å². The number of halogens is 1. The summed E-state index contributed by atoms with van der Waals surface area (Å²) in [6.45, 7) is 8.17. The van der Waals surface area contributed by atoms with E-state index in [1.54, 1.807) is 9.47 Å². The zero-order valence-electron chi connectivity index (χ0n) is 12.6. The highest BCUT2D eigenvalue weighted by Crippen LogP contribution is 2.30. The molecule has 1 aromatic heterocycles. The lowest BCUT2D eigenvalue weighted by atomic mass is 9.82. The zero-order chi connectivity index (χ0) is 15.8. The summed E-state index contributed by atoms with van der Waals surface area (Å²) in [4.78, 5) is 14.4. The molecule has 1 aliphatic rings. The Hall–Kier alpha value is -1.01. The molecule has 5 nitrogen and oxygen atoms in total. The number of amides is 1. The number of piperidine rings is 1. The number of rotatable bonds is 3. The number of hydrogen-bond donors (Lipinski definition) is 0. The Bertz CT molecular complexity index is 639. The molecular formula is C14H21ClN2O3S. The molecule has 118 valence electrons. The predicted molar refractivity (Wildman–Crippen MR) is 82.1 cm³/mol. The van der Waals surface area contributed by atoms with Gasteiger partial charge in [0.1, 0.15) is 10.6 Å². The van der Waals surface area contributed by atoms with Crippen LogP contribution >= 0.6 is 10.7 Å². The van der Waals surface area contributed by atoms with Gasteiger partial charge in [-0.05, 0) is 31.2 Å². The number of carbonyl (C=O) groups is 1. The van der Waals surface area contributed by atoms with E-state index < -0.39 is 9.05 Å². The van der Waals surface area contributed by atoms with Crippen LogP contribution in [0.3, 0.4) is 0 Å². The second-order valence-electron chi connectivity index (χ2n) is 6.24. The molecule has 2 heterocycles. The highest BCUT2D eigenvalue weighted by Gasteiger charge is 2.30. The number of likely N-dealkylation sites (tertiary alicyclic amines) is 1. The summed E-state index contributed by atoms with van der Waals surface area (Å²) in [7, 11) is 1.55.